The molecule has 1 N–H and O–H groups in total. The summed E-state index contributed by atoms with van der Waals surface area (Å²) in [5.41, 5.74) is 3.01. The number of nitrogens with zero attached hydrogens (tertiary/aromatic N) is 1. The summed E-state index contributed by atoms with van der Waals surface area (Å²) in [7, 11) is 0. The van der Waals surface area contributed by atoms with Crippen molar-refractivity contribution in [2.24, 2.45) is 0 Å². The number of fused-ring (bicyclic) bond motifs is 1. The summed E-state index contributed by atoms with van der Waals surface area (Å²) in [5, 5.41) is 3.34. The van der Waals surface area contributed by atoms with Crippen molar-refractivity contribution >= 4 is 38.6 Å². The number of unbranched alkanes of at least 4 members (excludes halogenated alkanes) is 1. The number of anilines is 1. The molecule has 0 aliphatic carbocycles. The van der Waals surface area contributed by atoms with Gasteiger partial charge in [-0.3, -0.25) is 10.1 Å². The fourth-order valence-electron chi connectivity index (χ4n) is 2.69. The Labute approximate surface area is 168 Å². The molecule has 5 nitrogen and oxygen atoms in total. The fourth-order valence-corrected chi connectivity index (χ4v) is 3.59. The zero-order chi connectivity index (χ0) is 20.1. The number of hydrogen-bond acceptors (Lipinski definition) is 5. The molecule has 1 heterocycles. The first-order chi connectivity index (χ1) is 13.5. The molecule has 0 saturated carbocycles. The average Bonchev–Trinajstić information content (AvgIpc) is 3.09. The highest BCUT2D eigenvalue weighted by atomic mass is 32.1. The molecule has 0 bridgehead atoms. The predicted molar refractivity (Wildman–Crippen MR) is 113 cm³/mol. The third kappa shape index (κ3) is 4.75. The van der Waals surface area contributed by atoms with Gasteiger partial charge in [-0.1, -0.05) is 50.7 Å². The molecule has 28 heavy (non-hydrogen) atoms. The lowest BCUT2D eigenvalue weighted by molar-refractivity contribution is 0.0500. The van der Waals surface area contributed by atoms with E-state index in [2.05, 4.69) is 24.1 Å². The molecular weight excluding hydrogens is 372 g/mol. The van der Waals surface area contributed by atoms with Gasteiger partial charge in [-0.15, -0.1) is 0 Å². The van der Waals surface area contributed by atoms with Gasteiger partial charge in [0.1, 0.15) is 0 Å². The topological polar surface area (TPSA) is 68.3 Å². The van der Waals surface area contributed by atoms with Crippen LogP contribution in [0, 0.1) is 0 Å². The number of esters is 1. The van der Waals surface area contributed by atoms with E-state index in [0.29, 0.717) is 28.8 Å². The third-order valence-corrected chi connectivity index (χ3v) is 5.35. The fraction of sp³-hybridized carbons (Fsp3) is 0.318. The largest absolute Gasteiger partial charge is 0.462 e. The van der Waals surface area contributed by atoms with E-state index in [9.17, 15) is 9.59 Å². The molecule has 3 aromatic rings. The Balaban J connectivity index is 1.71. The van der Waals surface area contributed by atoms with Crippen molar-refractivity contribution in [3.05, 3.63) is 59.2 Å². The molecule has 0 spiro atoms. The van der Waals surface area contributed by atoms with Crippen molar-refractivity contribution in [2.75, 3.05) is 11.9 Å². The third-order valence-electron chi connectivity index (χ3n) is 4.42. The summed E-state index contributed by atoms with van der Waals surface area (Å²) < 4.78 is 6.08. The molecule has 0 radical (unpaired) electrons. The van der Waals surface area contributed by atoms with Crippen LogP contribution >= 0.6 is 11.3 Å². The van der Waals surface area contributed by atoms with Gasteiger partial charge >= 0.3 is 5.97 Å². The van der Waals surface area contributed by atoms with Crippen LogP contribution in [0.5, 0.6) is 0 Å². The summed E-state index contributed by atoms with van der Waals surface area (Å²) in [6.07, 6.45) is 1.83. The normalized spacial score (nSPS) is 11.0. The molecule has 1 aromatic heterocycles. The number of hydrogen-bond donors (Lipinski definition) is 1. The Bertz CT molecular complexity index is 977. The molecule has 146 valence electrons. The minimum atomic E-state index is -0.334. The molecule has 0 atom stereocenters. The summed E-state index contributed by atoms with van der Waals surface area (Å²) >= 11 is 1.34. The molecule has 0 unspecified atom stereocenters. The van der Waals surface area contributed by atoms with E-state index < -0.39 is 0 Å². The van der Waals surface area contributed by atoms with E-state index in [1.165, 1.54) is 16.9 Å². The van der Waals surface area contributed by atoms with Crippen LogP contribution in [0.25, 0.3) is 10.2 Å². The Morgan fingerprint density at radius 3 is 2.50 bits per heavy atom. The molecule has 0 fully saturated rings. The van der Waals surface area contributed by atoms with Gasteiger partial charge in [0.2, 0.25) is 0 Å². The maximum atomic E-state index is 12.5. The van der Waals surface area contributed by atoms with Crippen LogP contribution in [0.3, 0.4) is 0 Å². The van der Waals surface area contributed by atoms with E-state index in [1.54, 1.807) is 18.2 Å². The predicted octanol–water partition coefficient (Wildman–Crippen LogP) is 5.63. The van der Waals surface area contributed by atoms with Gasteiger partial charge in [-0.05, 0) is 48.2 Å². The summed E-state index contributed by atoms with van der Waals surface area (Å²) in [5.74, 6) is -0.114. The number of rotatable bonds is 7. The highest BCUT2D eigenvalue weighted by Gasteiger charge is 2.13. The van der Waals surface area contributed by atoms with Crippen molar-refractivity contribution in [1.29, 1.82) is 0 Å². The minimum Gasteiger partial charge on any atom is -0.462 e. The molecule has 0 saturated heterocycles. The van der Waals surface area contributed by atoms with Gasteiger partial charge < -0.3 is 4.74 Å². The summed E-state index contributed by atoms with van der Waals surface area (Å²) in [6.45, 7) is 6.70. The number of amides is 1. The van der Waals surface area contributed by atoms with Gasteiger partial charge in [-0.25, -0.2) is 9.78 Å². The van der Waals surface area contributed by atoms with Gasteiger partial charge in [0, 0.05) is 5.56 Å². The van der Waals surface area contributed by atoms with E-state index in [-0.39, 0.29) is 11.9 Å². The van der Waals surface area contributed by atoms with Gasteiger partial charge in [-0.2, -0.15) is 0 Å². The van der Waals surface area contributed by atoms with Gasteiger partial charge in [0.25, 0.3) is 5.91 Å². The van der Waals surface area contributed by atoms with E-state index in [1.807, 2.05) is 31.2 Å². The molecule has 0 aliphatic heterocycles. The van der Waals surface area contributed by atoms with Crippen LogP contribution in [0.15, 0.2) is 42.5 Å². The van der Waals surface area contributed by atoms with Crippen LogP contribution in [-0.4, -0.2) is 23.5 Å². The molecule has 3 rings (SSSR count). The highest BCUT2D eigenvalue weighted by molar-refractivity contribution is 7.22. The van der Waals surface area contributed by atoms with Crippen LogP contribution in [0.1, 0.15) is 65.8 Å². The Morgan fingerprint density at radius 2 is 1.82 bits per heavy atom. The highest BCUT2D eigenvalue weighted by Crippen LogP contribution is 2.27. The van der Waals surface area contributed by atoms with Crippen LogP contribution < -0.4 is 5.32 Å². The van der Waals surface area contributed by atoms with Crippen molar-refractivity contribution in [3.8, 4) is 0 Å². The zero-order valence-corrected chi connectivity index (χ0v) is 17.1. The lowest BCUT2D eigenvalue weighted by atomic mass is 10.0. The average molecular weight is 397 g/mol. The van der Waals surface area contributed by atoms with Crippen molar-refractivity contribution in [2.45, 2.75) is 39.5 Å². The van der Waals surface area contributed by atoms with E-state index in [4.69, 9.17) is 4.74 Å². The maximum absolute atomic E-state index is 12.5. The number of ether oxygens (including phenoxy) is 1. The quantitative estimate of drug-likeness (QED) is 0.415. The number of carbonyl (C=O) groups excluding carboxylic acids is 2. The molecule has 6 heteroatoms. The number of carbonyl (C=O) groups is 2. The van der Waals surface area contributed by atoms with E-state index in [0.717, 1.165) is 23.1 Å². The van der Waals surface area contributed by atoms with Crippen LogP contribution in [-0.2, 0) is 4.74 Å². The number of nitrogens with one attached hydrogen (secondary N) is 1. The smallest absolute Gasteiger partial charge is 0.338 e. The second-order valence-electron chi connectivity index (χ2n) is 6.92. The molecular formula is C22H24N2O3S. The van der Waals surface area contributed by atoms with Gasteiger partial charge in [0.05, 0.1) is 22.4 Å². The SMILES string of the molecule is CCCCOC(=O)c1ccc2nc(NC(=O)c3ccc(C(C)C)cc3)sc2c1. The molecule has 2 aromatic carbocycles. The van der Waals surface area contributed by atoms with Crippen LogP contribution in [0.4, 0.5) is 5.13 Å². The van der Waals surface area contributed by atoms with Gasteiger partial charge in [0.15, 0.2) is 5.13 Å². The Morgan fingerprint density at radius 1 is 1.11 bits per heavy atom. The first kappa shape index (κ1) is 20.0. The first-order valence-electron chi connectivity index (χ1n) is 9.47. The van der Waals surface area contributed by atoms with Crippen LogP contribution in [0.2, 0.25) is 0 Å². The van der Waals surface area contributed by atoms with E-state index >= 15 is 0 Å². The second kappa shape index (κ2) is 8.97. The number of thiazole rings is 1. The monoisotopic (exact) mass is 396 g/mol. The first-order valence-corrected chi connectivity index (χ1v) is 10.3. The number of benzene rings is 2. The molecule has 1 amide bonds. The number of aromatic nitrogens is 1. The second-order valence-corrected chi connectivity index (χ2v) is 7.95. The summed E-state index contributed by atoms with van der Waals surface area (Å²) in [6, 6.07) is 12.8. The Hall–Kier alpha value is -2.73. The van der Waals surface area contributed by atoms with Crippen molar-refractivity contribution < 1.29 is 14.3 Å². The van der Waals surface area contributed by atoms with Crippen molar-refractivity contribution in [3.63, 3.8) is 0 Å². The Kier molecular flexibility index (Phi) is 6.41. The molecule has 0 aliphatic rings. The lowest BCUT2D eigenvalue weighted by Crippen LogP contribution is -2.11. The maximum Gasteiger partial charge on any atom is 0.338 e. The zero-order valence-electron chi connectivity index (χ0n) is 16.3. The standard InChI is InChI=1S/C22H24N2O3S/c1-4-5-12-27-21(26)17-10-11-18-19(13-17)28-22(23-18)24-20(25)16-8-6-15(7-9-16)14(2)3/h6-11,13-14H,4-5,12H2,1-3H3,(H,23,24,25). The lowest BCUT2D eigenvalue weighted by Gasteiger charge is -2.06. The van der Waals surface area contributed by atoms with Crippen molar-refractivity contribution in [1.82, 2.24) is 4.98 Å². The minimum absolute atomic E-state index is 0.200. The summed E-state index contributed by atoms with van der Waals surface area (Å²) in [4.78, 5) is 29.0.